The lowest BCUT2D eigenvalue weighted by Crippen LogP contribution is -2.01. The second kappa shape index (κ2) is 8.76. The SMILES string of the molecule is Cc1cc(C)c(-c2ccc([C](O)c3ccc(-c4c(C)cc(C)cc4C)cc3)cc2)c(C)c1. The minimum Gasteiger partial charge on any atom is -0.377 e. The maximum absolute atomic E-state index is 10.9. The zero-order chi connectivity index (χ0) is 23.0. The lowest BCUT2D eigenvalue weighted by Gasteiger charge is -2.15. The average molecular weight is 420 g/mol. The Kier molecular flexibility index (Phi) is 6.04. The van der Waals surface area contributed by atoms with Crippen molar-refractivity contribution < 1.29 is 5.11 Å². The topological polar surface area (TPSA) is 20.2 Å². The van der Waals surface area contributed by atoms with E-state index in [1.807, 2.05) is 24.3 Å². The van der Waals surface area contributed by atoms with Gasteiger partial charge >= 0.3 is 0 Å². The molecule has 0 bridgehead atoms. The maximum Gasteiger partial charge on any atom is 0.152 e. The molecule has 0 amide bonds. The summed E-state index contributed by atoms with van der Waals surface area (Å²) in [6.45, 7) is 12.9. The standard InChI is InChI=1S/C31H31O/c1-19-15-21(3)29(22(4)16-19)25-7-11-27(12-8-25)31(32)28-13-9-26(10-14-28)30-23(5)17-20(2)18-24(30)6/h7-18,32H,1-6H3. The molecule has 0 saturated heterocycles. The zero-order valence-electron chi connectivity index (χ0n) is 19.9. The van der Waals surface area contributed by atoms with E-state index >= 15 is 0 Å². The van der Waals surface area contributed by atoms with Gasteiger partial charge < -0.3 is 5.11 Å². The van der Waals surface area contributed by atoms with Gasteiger partial charge in [-0.3, -0.25) is 0 Å². The van der Waals surface area contributed by atoms with Gasteiger partial charge in [0.15, 0.2) is 6.10 Å². The number of hydrogen-bond donors (Lipinski definition) is 1. The summed E-state index contributed by atoms with van der Waals surface area (Å²) in [6, 6.07) is 25.3. The van der Waals surface area contributed by atoms with E-state index in [1.54, 1.807) is 0 Å². The van der Waals surface area contributed by atoms with Crippen molar-refractivity contribution in [3.8, 4) is 22.3 Å². The highest BCUT2D eigenvalue weighted by Crippen LogP contribution is 2.32. The molecular weight excluding hydrogens is 388 g/mol. The number of rotatable bonds is 4. The predicted molar refractivity (Wildman–Crippen MR) is 136 cm³/mol. The average Bonchev–Trinajstić information content (AvgIpc) is 2.73. The van der Waals surface area contributed by atoms with E-state index in [2.05, 4.69) is 90.1 Å². The minimum atomic E-state index is 0.304. The lowest BCUT2D eigenvalue weighted by molar-refractivity contribution is 0.356. The Hall–Kier alpha value is -3.16. The number of benzene rings is 4. The van der Waals surface area contributed by atoms with Gasteiger partial charge in [0, 0.05) is 0 Å². The fraction of sp³-hybridized carbons (Fsp3) is 0.194. The Morgan fingerprint density at radius 3 is 1.03 bits per heavy atom. The molecule has 1 nitrogen and oxygen atoms in total. The van der Waals surface area contributed by atoms with Gasteiger partial charge in [-0.2, -0.15) is 0 Å². The quantitative estimate of drug-likeness (QED) is 0.354. The summed E-state index contributed by atoms with van der Waals surface area (Å²) in [5, 5.41) is 10.9. The van der Waals surface area contributed by atoms with Gasteiger partial charge in [0.25, 0.3) is 0 Å². The molecular formula is C31H31O. The van der Waals surface area contributed by atoms with Crippen molar-refractivity contribution >= 4 is 0 Å². The predicted octanol–water partition coefficient (Wildman–Crippen LogP) is 8.17. The molecule has 1 N–H and O–H groups in total. The van der Waals surface area contributed by atoms with Crippen molar-refractivity contribution in [1.82, 2.24) is 0 Å². The molecule has 32 heavy (non-hydrogen) atoms. The van der Waals surface area contributed by atoms with Gasteiger partial charge in [0.1, 0.15) is 0 Å². The van der Waals surface area contributed by atoms with Gasteiger partial charge in [-0.15, -0.1) is 0 Å². The zero-order valence-corrected chi connectivity index (χ0v) is 19.9. The van der Waals surface area contributed by atoms with E-state index in [9.17, 15) is 5.11 Å². The first-order chi connectivity index (χ1) is 15.2. The van der Waals surface area contributed by atoms with E-state index in [0.717, 1.165) is 11.1 Å². The van der Waals surface area contributed by atoms with Crippen LogP contribution < -0.4 is 0 Å². The Morgan fingerprint density at radius 1 is 0.469 bits per heavy atom. The van der Waals surface area contributed by atoms with Gasteiger partial charge in [-0.1, -0.05) is 83.9 Å². The second-order valence-corrected chi connectivity index (χ2v) is 9.05. The highest BCUT2D eigenvalue weighted by atomic mass is 16.3. The van der Waals surface area contributed by atoms with E-state index in [1.165, 1.54) is 55.6 Å². The van der Waals surface area contributed by atoms with E-state index < -0.39 is 0 Å². The first-order valence-electron chi connectivity index (χ1n) is 11.2. The van der Waals surface area contributed by atoms with E-state index in [4.69, 9.17) is 0 Å². The van der Waals surface area contributed by atoms with Crippen molar-refractivity contribution in [2.24, 2.45) is 0 Å². The summed E-state index contributed by atoms with van der Waals surface area (Å²) in [4.78, 5) is 0. The van der Waals surface area contributed by atoms with E-state index in [0.29, 0.717) is 6.10 Å². The second-order valence-electron chi connectivity index (χ2n) is 9.05. The van der Waals surface area contributed by atoms with Crippen LogP contribution in [0.3, 0.4) is 0 Å². The van der Waals surface area contributed by atoms with Crippen molar-refractivity contribution in [1.29, 1.82) is 0 Å². The Morgan fingerprint density at radius 2 is 0.750 bits per heavy atom. The number of aliphatic hydroxyl groups excluding tert-OH is 1. The molecule has 0 heterocycles. The van der Waals surface area contributed by atoms with Crippen LogP contribution in [0.5, 0.6) is 0 Å². The van der Waals surface area contributed by atoms with Crippen LogP contribution in [0.25, 0.3) is 22.3 Å². The molecule has 0 fully saturated rings. The highest BCUT2D eigenvalue weighted by Gasteiger charge is 2.14. The third kappa shape index (κ3) is 4.26. The molecule has 0 saturated carbocycles. The normalized spacial score (nSPS) is 11.2. The lowest BCUT2D eigenvalue weighted by atomic mass is 9.91. The summed E-state index contributed by atoms with van der Waals surface area (Å²) in [6.07, 6.45) is 0.304. The van der Waals surface area contributed by atoms with Crippen molar-refractivity contribution in [2.75, 3.05) is 0 Å². The monoisotopic (exact) mass is 419 g/mol. The first-order valence-corrected chi connectivity index (χ1v) is 11.2. The van der Waals surface area contributed by atoms with Gasteiger partial charge in [-0.25, -0.2) is 0 Å². The highest BCUT2D eigenvalue weighted by molar-refractivity contribution is 5.73. The largest absolute Gasteiger partial charge is 0.377 e. The first kappa shape index (κ1) is 22.0. The van der Waals surface area contributed by atoms with Crippen LogP contribution in [0.15, 0.2) is 72.8 Å². The van der Waals surface area contributed by atoms with Crippen molar-refractivity contribution in [3.05, 3.63) is 123 Å². The van der Waals surface area contributed by atoms with Crippen LogP contribution >= 0.6 is 0 Å². The molecule has 0 aromatic heterocycles. The molecule has 4 aromatic carbocycles. The third-order valence-corrected chi connectivity index (χ3v) is 6.25. The van der Waals surface area contributed by atoms with Crippen molar-refractivity contribution in [3.63, 3.8) is 0 Å². The molecule has 0 spiro atoms. The number of aryl methyl sites for hydroxylation is 6. The number of hydrogen-bond acceptors (Lipinski definition) is 1. The van der Waals surface area contributed by atoms with Gasteiger partial charge in [-0.05, 0) is 97.2 Å². The van der Waals surface area contributed by atoms with Crippen LogP contribution in [0.1, 0.15) is 44.5 Å². The van der Waals surface area contributed by atoms with Gasteiger partial charge in [0.2, 0.25) is 0 Å². The molecule has 0 aliphatic heterocycles. The smallest absolute Gasteiger partial charge is 0.152 e. The Bertz CT molecular complexity index is 1110. The third-order valence-electron chi connectivity index (χ3n) is 6.25. The summed E-state index contributed by atoms with van der Waals surface area (Å²) >= 11 is 0. The molecule has 1 radical (unpaired) electrons. The minimum absolute atomic E-state index is 0.304. The van der Waals surface area contributed by atoms with Crippen LogP contribution in [-0.4, -0.2) is 5.11 Å². The summed E-state index contributed by atoms with van der Waals surface area (Å²) in [5.41, 5.74) is 14.2. The fourth-order valence-corrected chi connectivity index (χ4v) is 5.03. The van der Waals surface area contributed by atoms with Crippen LogP contribution in [-0.2, 0) is 0 Å². The van der Waals surface area contributed by atoms with Gasteiger partial charge in [0.05, 0.1) is 0 Å². The molecule has 0 aliphatic carbocycles. The van der Waals surface area contributed by atoms with Crippen LogP contribution in [0.4, 0.5) is 0 Å². The van der Waals surface area contributed by atoms with Crippen LogP contribution in [0, 0.1) is 47.6 Å². The summed E-state index contributed by atoms with van der Waals surface area (Å²) in [7, 11) is 0. The molecule has 1 heteroatoms. The molecule has 0 unspecified atom stereocenters. The molecule has 0 aliphatic rings. The molecule has 4 rings (SSSR count). The molecule has 0 atom stereocenters. The fourth-order valence-electron chi connectivity index (χ4n) is 5.03. The molecule has 4 aromatic rings. The Labute approximate surface area is 192 Å². The summed E-state index contributed by atoms with van der Waals surface area (Å²) < 4.78 is 0. The van der Waals surface area contributed by atoms with Crippen molar-refractivity contribution in [2.45, 2.75) is 41.5 Å². The van der Waals surface area contributed by atoms with Crippen LogP contribution in [0.2, 0.25) is 0 Å². The summed E-state index contributed by atoms with van der Waals surface area (Å²) in [5.74, 6) is 0. The Balaban J connectivity index is 1.60. The number of aliphatic hydroxyl groups is 1. The molecule has 161 valence electrons. The van der Waals surface area contributed by atoms with E-state index in [-0.39, 0.29) is 0 Å². The maximum atomic E-state index is 10.9.